The first-order valence-corrected chi connectivity index (χ1v) is 6.70. The molecule has 2 heteroatoms. The molecule has 2 aliphatic rings. The van der Waals surface area contributed by atoms with Gasteiger partial charge in [-0.2, -0.15) is 0 Å². The van der Waals surface area contributed by atoms with Crippen LogP contribution >= 0.6 is 0 Å². The van der Waals surface area contributed by atoms with Gasteiger partial charge in [-0.05, 0) is 45.4 Å². The van der Waals surface area contributed by atoms with Crippen LogP contribution in [0.3, 0.4) is 0 Å². The lowest BCUT2D eigenvalue weighted by Gasteiger charge is -2.41. The molecule has 0 aromatic rings. The van der Waals surface area contributed by atoms with Gasteiger partial charge in [0.15, 0.2) is 0 Å². The zero-order chi connectivity index (χ0) is 10.8. The second-order valence-corrected chi connectivity index (χ2v) is 5.68. The third-order valence-corrected chi connectivity index (χ3v) is 4.54. The number of hydrogen-bond donors (Lipinski definition) is 1. The Kier molecular flexibility index (Phi) is 3.68. The number of piperidine rings is 1. The lowest BCUT2D eigenvalue weighted by molar-refractivity contribution is 0.0821. The van der Waals surface area contributed by atoms with Crippen LogP contribution in [0.1, 0.15) is 52.4 Å². The Morgan fingerprint density at radius 2 is 1.60 bits per heavy atom. The van der Waals surface area contributed by atoms with Crippen molar-refractivity contribution in [3.63, 3.8) is 0 Å². The van der Waals surface area contributed by atoms with Crippen molar-refractivity contribution >= 4 is 0 Å². The molecule has 2 nitrogen and oxygen atoms in total. The number of rotatable bonds is 2. The first-order valence-electron chi connectivity index (χ1n) is 6.70. The molecular weight excluding hydrogens is 184 g/mol. The van der Waals surface area contributed by atoms with E-state index in [1.54, 1.807) is 0 Å². The van der Waals surface area contributed by atoms with Crippen LogP contribution < -0.4 is 5.73 Å². The van der Waals surface area contributed by atoms with Crippen LogP contribution in [-0.4, -0.2) is 29.6 Å². The maximum absolute atomic E-state index is 6.16. The Bertz CT molecular complexity index is 195. The topological polar surface area (TPSA) is 29.3 Å². The summed E-state index contributed by atoms with van der Waals surface area (Å²) in [5, 5.41) is 0. The quantitative estimate of drug-likeness (QED) is 0.758. The zero-order valence-corrected chi connectivity index (χ0v) is 10.3. The van der Waals surface area contributed by atoms with Crippen molar-refractivity contribution in [3.8, 4) is 0 Å². The van der Waals surface area contributed by atoms with Gasteiger partial charge in [-0.15, -0.1) is 0 Å². The van der Waals surface area contributed by atoms with Crippen LogP contribution in [-0.2, 0) is 0 Å². The van der Waals surface area contributed by atoms with Crippen LogP contribution in [0.15, 0.2) is 0 Å². The molecular formula is C13H26N2. The summed E-state index contributed by atoms with van der Waals surface area (Å²) >= 11 is 0. The summed E-state index contributed by atoms with van der Waals surface area (Å²) in [6.45, 7) is 6.02. The molecule has 0 aromatic heterocycles. The van der Waals surface area contributed by atoms with E-state index in [4.69, 9.17) is 5.73 Å². The monoisotopic (exact) mass is 210 g/mol. The Hall–Kier alpha value is -0.0800. The first kappa shape index (κ1) is 11.4. The van der Waals surface area contributed by atoms with E-state index in [0.717, 1.165) is 18.0 Å². The molecule has 0 amide bonds. The van der Waals surface area contributed by atoms with Crippen LogP contribution in [0.25, 0.3) is 0 Å². The van der Waals surface area contributed by atoms with Crippen molar-refractivity contribution in [2.24, 2.45) is 11.7 Å². The highest BCUT2D eigenvalue weighted by Crippen LogP contribution is 2.29. The molecule has 0 radical (unpaired) electrons. The molecule has 0 bridgehead atoms. The smallest absolute Gasteiger partial charge is 0.00793 e. The van der Waals surface area contributed by atoms with Crippen LogP contribution in [0.4, 0.5) is 0 Å². The zero-order valence-electron chi connectivity index (χ0n) is 10.3. The van der Waals surface area contributed by atoms with Crippen LogP contribution in [0.2, 0.25) is 0 Å². The first-order chi connectivity index (χ1) is 7.18. The summed E-state index contributed by atoms with van der Waals surface area (Å²) in [6, 6.07) is 2.04. The van der Waals surface area contributed by atoms with Crippen molar-refractivity contribution in [1.29, 1.82) is 0 Å². The van der Waals surface area contributed by atoms with Gasteiger partial charge in [0.05, 0.1) is 0 Å². The second-order valence-electron chi connectivity index (χ2n) is 5.68. The highest BCUT2D eigenvalue weighted by atomic mass is 15.2. The summed E-state index contributed by atoms with van der Waals surface area (Å²) in [6.07, 6.45) is 8.13. The van der Waals surface area contributed by atoms with E-state index >= 15 is 0 Å². The molecule has 4 atom stereocenters. The van der Waals surface area contributed by atoms with Gasteiger partial charge in [0.2, 0.25) is 0 Å². The maximum atomic E-state index is 6.16. The predicted molar refractivity (Wildman–Crippen MR) is 64.8 cm³/mol. The van der Waals surface area contributed by atoms with Gasteiger partial charge in [-0.25, -0.2) is 0 Å². The molecule has 2 unspecified atom stereocenters. The van der Waals surface area contributed by atoms with Gasteiger partial charge in [0.25, 0.3) is 0 Å². The molecule has 2 rings (SSSR count). The summed E-state index contributed by atoms with van der Waals surface area (Å²) in [7, 11) is 0. The van der Waals surface area contributed by atoms with Crippen molar-refractivity contribution < 1.29 is 0 Å². The molecule has 1 aliphatic carbocycles. The van der Waals surface area contributed by atoms with Gasteiger partial charge in [0, 0.05) is 24.7 Å². The summed E-state index contributed by atoms with van der Waals surface area (Å²) in [5.74, 6) is 0.771. The Morgan fingerprint density at radius 1 is 1.00 bits per heavy atom. The summed E-state index contributed by atoms with van der Waals surface area (Å²) in [4.78, 5) is 2.71. The SMILES string of the molecule is C[C@@H]1CCC[C@H](C)N1CC1CCCC1N. The van der Waals surface area contributed by atoms with E-state index in [9.17, 15) is 0 Å². The lowest BCUT2D eigenvalue weighted by Crippen LogP contribution is -2.47. The molecule has 15 heavy (non-hydrogen) atoms. The number of hydrogen-bond acceptors (Lipinski definition) is 2. The van der Waals surface area contributed by atoms with Crippen molar-refractivity contribution in [1.82, 2.24) is 4.90 Å². The minimum atomic E-state index is 0.478. The normalized spacial score (nSPS) is 43.4. The Morgan fingerprint density at radius 3 is 2.13 bits per heavy atom. The molecule has 1 aliphatic heterocycles. The third-order valence-electron chi connectivity index (χ3n) is 4.54. The standard InChI is InChI=1S/C13H26N2/c1-10-5-3-6-11(2)15(10)9-12-7-4-8-13(12)14/h10-13H,3-9,14H2,1-2H3/t10-,11+,12?,13?. The highest BCUT2D eigenvalue weighted by Gasteiger charge is 2.31. The van der Waals surface area contributed by atoms with Gasteiger partial charge >= 0.3 is 0 Å². The number of nitrogens with zero attached hydrogens (tertiary/aromatic N) is 1. The van der Waals surface area contributed by atoms with E-state index in [0.29, 0.717) is 6.04 Å². The van der Waals surface area contributed by atoms with Gasteiger partial charge in [0.1, 0.15) is 0 Å². The van der Waals surface area contributed by atoms with E-state index in [1.807, 2.05) is 0 Å². The fraction of sp³-hybridized carbons (Fsp3) is 1.00. The molecule has 0 aromatic carbocycles. The summed E-state index contributed by atoms with van der Waals surface area (Å²) in [5.41, 5.74) is 6.16. The fourth-order valence-corrected chi connectivity index (χ4v) is 3.40. The average Bonchev–Trinajstić information content (AvgIpc) is 2.58. The molecule has 1 saturated heterocycles. The van der Waals surface area contributed by atoms with Gasteiger partial charge in [-0.3, -0.25) is 4.90 Å². The lowest BCUT2D eigenvalue weighted by atomic mass is 9.94. The van der Waals surface area contributed by atoms with E-state index < -0.39 is 0 Å². The van der Waals surface area contributed by atoms with E-state index in [-0.39, 0.29) is 0 Å². The molecule has 1 saturated carbocycles. The minimum Gasteiger partial charge on any atom is -0.327 e. The van der Waals surface area contributed by atoms with Crippen LogP contribution in [0.5, 0.6) is 0 Å². The predicted octanol–water partition coefficient (Wildman–Crippen LogP) is 2.38. The van der Waals surface area contributed by atoms with Crippen LogP contribution in [0, 0.1) is 5.92 Å². The summed E-state index contributed by atoms with van der Waals surface area (Å²) < 4.78 is 0. The number of likely N-dealkylation sites (tertiary alicyclic amines) is 1. The Labute approximate surface area is 94.2 Å². The van der Waals surface area contributed by atoms with E-state index in [1.165, 1.54) is 45.1 Å². The average molecular weight is 210 g/mol. The van der Waals surface area contributed by atoms with Crippen molar-refractivity contribution in [3.05, 3.63) is 0 Å². The van der Waals surface area contributed by atoms with Crippen molar-refractivity contribution in [2.75, 3.05) is 6.54 Å². The molecule has 88 valence electrons. The minimum absolute atomic E-state index is 0.478. The molecule has 2 fully saturated rings. The molecule has 1 heterocycles. The van der Waals surface area contributed by atoms with Crippen molar-refractivity contribution in [2.45, 2.75) is 70.5 Å². The molecule has 2 N–H and O–H groups in total. The second kappa shape index (κ2) is 4.84. The van der Waals surface area contributed by atoms with Gasteiger partial charge < -0.3 is 5.73 Å². The third kappa shape index (κ3) is 2.54. The fourth-order valence-electron chi connectivity index (χ4n) is 3.40. The maximum Gasteiger partial charge on any atom is 0.00793 e. The molecule has 0 spiro atoms. The number of nitrogens with two attached hydrogens (primary N) is 1. The highest BCUT2D eigenvalue weighted by molar-refractivity contribution is 4.87. The van der Waals surface area contributed by atoms with Gasteiger partial charge in [-0.1, -0.05) is 12.8 Å². The van der Waals surface area contributed by atoms with E-state index in [2.05, 4.69) is 18.7 Å². The Balaban J connectivity index is 1.90. The largest absolute Gasteiger partial charge is 0.327 e.